The van der Waals surface area contributed by atoms with Gasteiger partial charge in [-0.2, -0.15) is 0 Å². The van der Waals surface area contributed by atoms with Gasteiger partial charge in [-0.1, -0.05) is 31.9 Å². The summed E-state index contributed by atoms with van der Waals surface area (Å²) in [5, 5.41) is 0.907. The van der Waals surface area contributed by atoms with Crippen molar-refractivity contribution in [3.8, 4) is 0 Å². The van der Waals surface area contributed by atoms with Gasteiger partial charge in [0.15, 0.2) is 6.10 Å². The Kier molecular flexibility index (Phi) is 1.75. The lowest BCUT2D eigenvalue weighted by Crippen LogP contribution is -1.79. The molecule has 0 amide bonds. The van der Waals surface area contributed by atoms with Crippen molar-refractivity contribution in [2.75, 3.05) is 5.33 Å². The van der Waals surface area contributed by atoms with E-state index in [1.54, 1.807) is 4.99 Å². The van der Waals surface area contributed by atoms with Gasteiger partial charge in [-0.05, 0) is 0 Å². The lowest BCUT2D eigenvalue weighted by atomic mass is 10.5. The monoisotopic (exact) mass is 226 g/mol. The summed E-state index contributed by atoms with van der Waals surface area (Å²) in [5.41, 5.74) is 0. The molecule has 0 spiro atoms. The third-order valence-corrected chi connectivity index (χ3v) is 1.83. The van der Waals surface area contributed by atoms with Gasteiger partial charge in [0.25, 0.3) is 0 Å². The molecule has 0 aromatic rings. The maximum atomic E-state index is 4.98. The topological polar surface area (TPSA) is 12.5 Å². The summed E-state index contributed by atoms with van der Waals surface area (Å²) in [6.45, 7) is 0. The van der Waals surface area contributed by atoms with Crippen LogP contribution >= 0.6 is 31.9 Å². The van der Waals surface area contributed by atoms with E-state index in [9.17, 15) is 0 Å². The minimum Gasteiger partial charge on any atom is -0.481 e. The quantitative estimate of drug-likeness (QED) is 0.494. The lowest BCUT2D eigenvalue weighted by Gasteiger charge is -1.66. The largest absolute Gasteiger partial charge is 0.481 e. The molecule has 0 saturated carbocycles. The first-order chi connectivity index (χ1) is 3.38. The number of alkyl halides is 1. The molecule has 1 heterocycles. The lowest BCUT2D eigenvalue weighted by molar-refractivity contribution is 0.450. The molecule has 0 bridgehead atoms. The van der Waals surface area contributed by atoms with Gasteiger partial charge in [0, 0.05) is 10.3 Å². The second-order valence-corrected chi connectivity index (χ2v) is 2.38. The van der Waals surface area contributed by atoms with E-state index in [-0.39, 0.29) is 0 Å². The van der Waals surface area contributed by atoms with Crippen LogP contribution in [0.5, 0.6) is 0 Å². The number of hydrogen-bond donors (Lipinski definition) is 0. The first kappa shape index (κ1) is 5.63. The predicted octanol–water partition coefficient (Wildman–Crippen LogP) is 2.02. The van der Waals surface area contributed by atoms with E-state index in [1.165, 1.54) is 0 Å². The second-order valence-electron chi connectivity index (χ2n) is 1.27. The van der Waals surface area contributed by atoms with Crippen LogP contribution in [-0.4, -0.2) is 11.4 Å². The molecule has 40 valence electrons. The van der Waals surface area contributed by atoms with Crippen LogP contribution < -0.4 is 0 Å². The molecule has 0 N–H and O–H groups in total. The number of hydrogen-bond acceptors (Lipinski definition) is 1. The van der Waals surface area contributed by atoms with E-state index in [2.05, 4.69) is 31.9 Å². The Morgan fingerprint density at radius 1 is 1.86 bits per heavy atom. The van der Waals surface area contributed by atoms with Gasteiger partial charge in [-0.25, -0.2) is 0 Å². The molecular formula is C4H4Br2O. The van der Waals surface area contributed by atoms with Crippen LogP contribution in [0.25, 0.3) is 0 Å². The van der Waals surface area contributed by atoms with Crippen molar-refractivity contribution < 1.29 is 4.74 Å². The third-order valence-electron chi connectivity index (χ3n) is 0.786. The summed E-state index contributed by atoms with van der Waals surface area (Å²) in [6.07, 6.45) is 0.347. The predicted molar refractivity (Wildman–Crippen MR) is 35.7 cm³/mol. The molecule has 0 radical (unpaired) electrons. The molecule has 0 aromatic carbocycles. The highest BCUT2D eigenvalue weighted by molar-refractivity contribution is 9.11. The number of halogens is 2. The smallest absolute Gasteiger partial charge is 0.165 e. The van der Waals surface area contributed by atoms with Gasteiger partial charge >= 0.3 is 0 Å². The molecule has 1 aliphatic rings. The number of epoxide rings is 1. The molecule has 7 heavy (non-hydrogen) atoms. The Morgan fingerprint density at radius 3 is 2.71 bits per heavy atom. The molecular weight excluding hydrogens is 224 g/mol. The Labute approximate surface area is 59.0 Å². The number of rotatable bonds is 1. The fraction of sp³-hybridized carbons (Fsp3) is 0.500. The third kappa shape index (κ3) is 1.19. The fourth-order valence-electron chi connectivity index (χ4n) is 0.334. The van der Waals surface area contributed by atoms with Crippen molar-refractivity contribution in [2.24, 2.45) is 0 Å². The van der Waals surface area contributed by atoms with Gasteiger partial charge < -0.3 is 4.74 Å². The van der Waals surface area contributed by atoms with E-state index in [0.29, 0.717) is 6.10 Å². The van der Waals surface area contributed by atoms with Gasteiger partial charge in [0.1, 0.15) is 5.76 Å². The molecule has 3 heteroatoms. The first-order valence-electron chi connectivity index (χ1n) is 1.91. The van der Waals surface area contributed by atoms with Crippen LogP contribution in [-0.2, 0) is 4.74 Å². The van der Waals surface area contributed by atoms with Crippen molar-refractivity contribution in [2.45, 2.75) is 6.10 Å². The van der Waals surface area contributed by atoms with Crippen LogP contribution in [0.3, 0.4) is 0 Å². The van der Waals surface area contributed by atoms with Gasteiger partial charge in [-0.3, -0.25) is 0 Å². The van der Waals surface area contributed by atoms with E-state index in [0.717, 1.165) is 11.1 Å². The average Bonchev–Trinajstić information content (AvgIpc) is 2.43. The summed E-state index contributed by atoms with van der Waals surface area (Å²) in [5.74, 6) is 1.04. The molecule has 1 fully saturated rings. The van der Waals surface area contributed by atoms with Crippen LogP contribution in [0.15, 0.2) is 10.7 Å². The molecule has 1 aliphatic heterocycles. The molecule has 1 nitrogen and oxygen atoms in total. The summed E-state index contributed by atoms with van der Waals surface area (Å²) in [6, 6.07) is 0. The van der Waals surface area contributed by atoms with Crippen molar-refractivity contribution in [1.29, 1.82) is 0 Å². The Hall–Kier alpha value is 0.500. The van der Waals surface area contributed by atoms with Gasteiger partial charge in [0.2, 0.25) is 0 Å². The molecule has 1 atom stereocenters. The second kappa shape index (κ2) is 2.18. The highest BCUT2D eigenvalue weighted by Crippen LogP contribution is 2.28. The maximum Gasteiger partial charge on any atom is 0.165 e. The molecule has 1 rings (SSSR count). The zero-order chi connectivity index (χ0) is 5.28. The van der Waals surface area contributed by atoms with Crippen molar-refractivity contribution >= 4 is 31.9 Å². The first-order valence-corrected chi connectivity index (χ1v) is 3.95. The van der Waals surface area contributed by atoms with Crippen molar-refractivity contribution in [3.63, 3.8) is 0 Å². The van der Waals surface area contributed by atoms with Crippen LogP contribution in [0.1, 0.15) is 0 Å². The maximum absolute atomic E-state index is 4.98. The van der Waals surface area contributed by atoms with Gasteiger partial charge in [0.05, 0.1) is 0 Å². The van der Waals surface area contributed by atoms with Crippen molar-refractivity contribution in [3.05, 3.63) is 10.7 Å². The minimum absolute atomic E-state index is 0.347. The summed E-state index contributed by atoms with van der Waals surface area (Å²) >= 11 is 6.42. The summed E-state index contributed by atoms with van der Waals surface area (Å²) in [7, 11) is 0. The molecule has 0 aromatic heterocycles. The average molecular weight is 228 g/mol. The van der Waals surface area contributed by atoms with Crippen molar-refractivity contribution in [1.82, 2.24) is 0 Å². The zero-order valence-electron chi connectivity index (χ0n) is 3.53. The minimum atomic E-state index is 0.347. The fourth-order valence-corrected chi connectivity index (χ4v) is 1.19. The van der Waals surface area contributed by atoms with Crippen LogP contribution in [0.2, 0.25) is 0 Å². The highest BCUT2D eigenvalue weighted by atomic mass is 79.9. The Balaban J connectivity index is 2.31. The normalized spacial score (nSPS) is 32.9. The van der Waals surface area contributed by atoms with Crippen LogP contribution in [0.4, 0.5) is 0 Å². The Bertz CT molecular complexity index is 99.9. The standard InChI is InChI=1S/C4H4Br2O/c5-1-3-4(2-6)7-3/h1,4H,2H2. The van der Waals surface area contributed by atoms with E-state index < -0.39 is 0 Å². The van der Waals surface area contributed by atoms with Crippen LogP contribution in [0, 0.1) is 0 Å². The molecule has 1 unspecified atom stereocenters. The number of ether oxygens (including phenoxy) is 1. The Morgan fingerprint density at radius 2 is 2.57 bits per heavy atom. The zero-order valence-corrected chi connectivity index (χ0v) is 6.70. The van der Waals surface area contributed by atoms with E-state index in [4.69, 9.17) is 4.74 Å². The van der Waals surface area contributed by atoms with E-state index >= 15 is 0 Å². The van der Waals surface area contributed by atoms with Gasteiger partial charge in [-0.15, -0.1) is 0 Å². The van der Waals surface area contributed by atoms with E-state index in [1.807, 2.05) is 0 Å². The highest BCUT2D eigenvalue weighted by Gasteiger charge is 2.30. The molecule has 0 aliphatic carbocycles. The SMILES string of the molecule is BrC=C1OC1CBr. The summed E-state index contributed by atoms with van der Waals surface area (Å²) in [4.78, 5) is 1.80. The molecule has 1 saturated heterocycles. The summed E-state index contributed by atoms with van der Waals surface area (Å²) < 4.78 is 4.98.